The number of carboxylic acids is 1. The second kappa shape index (κ2) is 6.02. The van der Waals surface area contributed by atoms with Gasteiger partial charge in [0.25, 0.3) is 5.56 Å². The fourth-order valence-corrected chi connectivity index (χ4v) is 2.37. The molecule has 2 heterocycles. The molecule has 0 aliphatic rings. The van der Waals surface area contributed by atoms with Crippen LogP contribution in [0.5, 0.6) is 0 Å². The van der Waals surface area contributed by atoms with Crippen LogP contribution in [0.1, 0.15) is 21.7 Å². The number of rotatable bonds is 3. The summed E-state index contributed by atoms with van der Waals surface area (Å²) >= 11 is 6.06. The van der Waals surface area contributed by atoms with Crippen LogP contribution in [-0.4, -0.2) is 26.0 Å². The zero-order valence-electron chi connectivity index (χ0n) is 11.7. The number of nitrogens with zero attached hydrogens (tertiary/aromatic N) is 2. The molecule has 2 N–H and O–H groups in total. The third-order valence-corrected chi connectivity index (χ3v) is 3.63. The maximum absolute atomic E-state index is 12.0. The van der Waals surface area contributed by atoms with Crippen molar-refractivity contribution in [3.8, 4) is 0 Å². The van der Waals surface area contributed by atoms with Gasteiger partial charge in [0.1, 0.15) is 5.82 Å². The Morgan fingerprint density at radius 2 is 2.09 bits per heavy atom. The molecule has 0 saturated heterocycles. The highest BCUT2D eigenvalue weighted by Gasteiger charge is 2.10. The predicted molar refractivity (Wildman–Crippen MR) is 87.5 cm³/mol. The van der Waals surface area contributed by atoms with Crippen LogP contribution < -0.4 is 5.56 Å². The van der Waals surface area contributed by atoms with Crippen LogP contribution in [-0.2, 0) is 0 Å². The zero-order chi connectivity index (χ0) is 16.4. The van der Waals surface area contributed by atoms with Gasteiger partial charge < -0.3 is 10.1 Å². The average molecular weight is 328 g/mol. The van der Waals surface area contributed by atoms with Gasteiger partial charge in [-0.3, -0.25) is 9.78 Å². The van der Waals surface area contributed by atoms with Gasteiger partial charge in [0.15, 0.2) is 0 Å². The predicted octanol–water partition coefficient (Wildman–Crippen LogP) is 2.84. The smallest absolute Gasteiger partial charge is 0.337 e. The number of carboxylic acid groups (broad SMARTS) is 1. The molecule has 0 saturated carbocycles. The molecule has 0 atom stereocenters. The van der Waals surface area contributed by atoms with Gasteiger partial charge in [-0.2, -0.15) is 0 Å². The standard InChI is InChI=1S/C16H10ClN3O3/c17-14-9(2-1-3-11(14)16(22)23)4-5-13-19-12-8-18-7-6-10(12)15(21)20-13/h1-8H,(H,22,23)(H,19,20,21)/b5-4+. The van der Waals surface area contributed by atoms with E-state index in [2.05, 4.69) is 15.0 Å². The molecule has 2 aromatic heterocycles. The lowest BCUT2D eigenvalue weighted by Crippen LogP contribution is -2.09. The summed E-state index contributed by atoms with van der Waals surface area (Å²) in [7, 11) is 0. The summed E-state index contributed by atoms with van der Waals surface area (Å²) in [6, 6.07) is 6.27. The van der Waals surface area contributed by atoms with Crippen molar-refractivity contribution in [1.29, 1.82) is 0 Å². The molecule has 6 nitrogen and oxygen atoms in total. The first kappa shape index (κ1) is 14.9. The largest absolute Gasteiger partial charge is 0.478 e. The fourth-order valence-electron chi connectivity index (χ4n) is 2.10. The molecule has 0 bridgehead atoms. The number of benzene rings is 1. The molecular weight excluding hydrogens is 318 g/mol. The van der Waals surface area contributed by atoms with Crippen LogP contribution in [0.4, 0.5) is 0 Å². The number of aromatic amines is 1. The maximum Gasteiger partial charge on any atom is 0.337 e. The van der Waals surface area contributed by atoms with E-state index in [4.69, 9.17) is 16.7 Å². The summed E-state index contributed by atoms with van der Waals surface area (Å²) in [5, 5.41) is 9.63. The number of hydrogen-bond acceptors (Lipinski definition) is 4. The van der Waals surface area contributed by atoms with E-state index in [1.54, 1.807) is 30.4 Å². The minimum atomic E-state index is -1.10. The summed E-state index contributed by atoms with van der Waals surface area (Å²) in [6.45, 7) is 0. The second-order valence-corrected chi connectivity index (χ2v) is 5.07. The Hall–Kier alpha value is -2.99. The monoisotopic (exact) mass is 327 g/mol. The first-order valence-corrected chi connectivity index (χ1v) is 6.98. The summed E-state index contributed by atoms with van der Waals surface area (Å²) in [5.41, 5.74) is 0.724. The van der Waals surface area contributed by atoms with Crippen molar-refractivity contribution in [2.24, 2.45) is 0 Å². The summed E-state index contributed by atoms with van der Waals surface area (Å²) in [4.78, 5) is 33.9. The Bertz CT molecular complexity index is 995. The highest BCUT2D eigenvalue weighted by atomic mass is 35.5. The molecular formula is C16H10ClN3O3. The van der Waals surface area contributed by atoms with Crippen molar-refractivity contribution < 1.29 is 9.90 Å². The molecule has 0 unspecified atom stereocenters. The van der Waals surface area contributed by atoms with Crippen LogP contribution in [0.2, 0.25) is 5.02 Å². The minimum Gasteiger partial charge on any atom is -0.478 e. The molecule has 0 spiro atoms. The van der Waals surface area contributed by atoms with Crippen molar-refractivity contribution in [2.45, 2.75) is 0 Å². The highest BCUT2D eigenvalue weighted by molar-refractivity contribution is 6.35. The number of pyridine rings is 1. The van der Waals surface area contributed by atoms with Crippen molar-refractivity contribution in [1.82, 2.24) is 15.0 Å². The molecule has 7 heteroatoms. The van der Waals surface area contributed by atoms with Gasteiger partial charge in [-0.15, -0.1) is 0 Å². The van der Waals surface area contributed by atoms with E-state index in [1.807, 2.05) is 0 Å². The van der Waals surface area contributed by atoms with Crippen LogP contribution in [0.25, 0.3) is 23.1 Å². The van der Waals surface area contributed by atoms with Gasteiger partial charge in [-0.1, -0.05) is 23.7 Å². The third-order valence-electron chi connectivity index (χ3n) is 3.21. The molecule has 114 valence electrons. The molecule has 3 rings (SSSR count). The van der Waals surface area contributed by atoms with Crippen LogP contribution >= 0.6 is 11.6 Å². The Labute approximate surface area is 135 Å². The molecule has 0 aliphatic carbocycles. The van der Waals surface area contributed by atoms with E-state index >= 15 is 0 Å². The number of hydrogen-bond donors (Lipinski definition) is 2. The van der Waals surface area contributed by atoms with E-state index in [9.17, 15) is 9.59 Å². The molecule has 1 aromatic carbocycles. The van der Waals surface area contributed by atoms with Gasteiger partial charge in [0.05, 0.1) is 27.7 Å². The van der Waals surface area contributed by atoms with E-state index in [1.165, 1.54) is 18.5 Å². The highest BCUT2D eigenvalue weighted by Crippen LogP contribution is 2.23. The van der Waals surface area contributed by atoms with Crippen molar-refractivity contribution in [3.63, 3.8) is 0 Å². The lowest BCUT2D eigenvalue weighted by atomic mass is 10.1. The first-order valence-electron chi connectivity index (χ1n) is 6.60. The normalized spacial score (nSPS) is 11.2. The SMILES string of the molecule is O=C(O)c1cccc(/C=C/c2nc3cnccc3c(=O)[nH]2)c1Cl. The summed E-state index contributed by atoms with van der Waals surface area (Å²) in [5.74, 6) is -0.777. The Kier molecular flexibility index (Phi) is 3.91. The molecule has 0 amide bonds. The van der Waals surface area contributed by atoms with Crippen LogP contribution in [0.15, 0.2) is 41.5 Å². The summed E-state index contributed by atoms with van der Waals surface area (Å²) in [6.07, 6.45) is 6.17. The van der Waals surface area contributed by atoms with Gasteiger partial charge in [-0.25, -0.2) is 9.78 Å². The number of aromatic carboxylic acids is 1. The minimum absolute atomic E-state index is 0.0120. The topological polar surface area (TPSA) is 95.9 Å². The van der Waals surface area contributed by atoms with E-state index in [0.29, 0.717) is 22.3 Å². The Morgan fingerprint density at radius 1 is 1.26 bits per heavy atom. The van der Waals surface area contributed by atoms with Crippen molar-refractivity contribution in [2.75, 3.05) is 0 Å². The molecule has 0 fully saturated rings. The van der Waals surface area contributed by atoms with E-state index < -0.39 is 5.97 Å². The van der Waals surface area contributed by atoms with E-state index in [0.717, 1.165) is 0 Å². The second-order valence-electron chi connectivity index (χ2n) is 4.69. The Balaban J connectivity index is 2.02. The third kappa shape index (κ3) is 2.97. The van der Waals surface area contributed by atoms with Crippen molar-refractivity contribution in [3.05, 3.63) is 69.0 Å². The van der Waals surface area contributed by atoms with Crippen molar-refractivity contribution >= 4 is 40.6 Å². The van der Waals surface area contributed by atoms with Gasteiger partial charge >= 0.3 is 5.97 Å². The summed E-state index contributed by atoms with van der Waals surface area (Å²) < 4.78 is 0. The van der Waals surface area contributed by atoms with Crippen LogP contribution in [0.3, 0.4) is 0 Å². The Morgan fingerprint density at radius 3 is 2.87 bits per heavy atom. The quantitative estimate of drug-likeness (QED) is 0.771. The number of nitrogens with one attached hydrogen (secondary N) is 1. The van der Waals surface area contributed by atoms with Crippen LogP contribution in [0, 0.1) is 0 Å². The van der Waals surface area contributed by atoms with E-state index in [-0.39, 0.29) is 16.1 Å². The zero-order valence-corrected chi connectivity index (χ0v) is 12.4. The number of halogens is 1. The lowest BCUT2D eigenvalue weighted by Gasteiger charge is -2.02. The molecule has 0 aliphatic heterocycles. The average Bonchev–Trinajstić information content (AvgIpc) is 2.53. The molecule has 0 radical (unpaired) electrons. The fraction of sp³-hybridized carbons (Fsp3) is 0. The molecule has 23 heavy (non-hydrogen) atoms. The van der Waals surface area contributed by atoms with Gasteiger partial charge in [0.2, 0.25) is 0 Å². The lowest BCUT2D eigenvalue weighted by molar-refractivity contribution is 0.0697. The molecule has 3 aromatic rings. The maximum atomic E-state index is 12.0. The number of carbonyl (C=O) groups is 1. The number of H-pyrrole nitrogens is 1. The number of fused-ring (bicyclic) bond motifs is 1. The first-order chi connectivity index (χ1) is 11.1. The number of aromatic nitrogens is 3. The van der Waals surface area contributed by atoms with Gasteiger partial charge in [-0.05, 0) is 29.8 Å². The van der Waals surface area contributed by atoms with Gasteiger partial charge in [0, 0.05) is 6.20 Å².